The van der Waals surface area contributed by atoms with E-state index in [9.17, 15) is 0 Å². The first-order valence-electron chi connectivity index (χ1n) is 8.90. The maximum absolute atomic E-state index is 5.46. The molecular formula is C21H29NO2. The molecule has 2 aliphatic rings. The Morgan fingerprint density at radius 1 is 1.17 bits per heavy atom. The van der Waals surface area contributed by atoms with Crippen molar-refractivity contribution >= 4 is 0 Å². The van der Waals surface area contributed by atoms with Crippen LogP contribution in [0.4, 0.5) is 0 Å². The lowest BCUT2D eigenvalue weighted by atomic mass is 9.85. The Balaban J connectivity index is 1.66. The van der Waals surface area contributed by atoms with Crippen LogP contribution in [0.25, 0.3) is 0 Å². The molecule has 3 heteroatoms. The number of allylic oxidation sites excluding steroid dienone is 2. The molecule has 0 saturated heterocycles. The van der Waals surface area contributed by atoms with Gasteiger partial charge < -0.3 is 9.47 Å². The highest BCUT2D eigenvalue weighted by atomic mass is 16.5. The summed E-state index contributed by atoms with van der Waals surface area (Å²) in [5.74, 6) is 2.36. The summed E-state index contributed by atoms with van der Waals surface area (Å²) in [6.07, 6.45) is 7.17. The molecule has 0 N–H and O–H groups in total. The van der Waals surface area contributed by atoms with E-state index in [4.69, 9.17) is 9.47 Å². The van der Waals surface area contributed by atoms with Crippen molar-refractivity contribution in [2.45, 2.75) is 39.2 Å². The zero-order valence-corrected chi connectivity index (χ0v) is 15.2. The molecule has 3 nitrogen and oxygen atoms in total. The summed E-state index contributed by atoms with van der Waals surface area (Å²) < 4.78 is 10.9. The Hall–Kier alpha value is -1.74. The van der Waals surface area contributed by atoms with E-state index in [0.29, 0.717) is 5.92 Å². The maximum Gasteiger partial charge on any atom is 0.161 e. The zero-order valence-electron chi connectivity index (χ0n) is 15.2. The Bertz CT molecular complexity index is 647. The number of hydrogen-bond acceptors (Lipinski definition) is 3. The van der Waals surface area contributed by atoms with Gasteiger partial charge in [0.05, 0.1) is 14.2 Å². The average molecular weight is 327 g/mol. The van der Waals surface area contributed by atoms with Gasteiger partial charge in [0.1, 0.15) is 0 Å². The first-order valence-corrected chi connectivity index (χ1v) is 8.90. The molecule has 0 amide bonds. The summed E-state index contributed by atoms with van der Waals surface area (Å²) in [5, 5.41) is 0. The van der Waals surface area contributed by atoms with Gasteiger partial charge in [0, 0.05) is 19.6 Å². The molecule has 1 aliphatic carbocycles. The molecule has 0 bridgehead atoms. The van der Waals surface area contributed by atoms with Gasteiger partial charge in [-0.25, -0.2) is 0 Å². The molecule has 0 saturated carbocycles. The Labute approximate surface area is 146 Å². The summed E-state index contributed by atoms with van der Waals surface area (Å²) in [5.41, 5.74) is 5.69. The van der Waals surface area contributed by atoms with E-state index in [-0.39, 0.29) is 0 Å². The fraction of sp³-hybridized carbons (Fsp3) is 0.524. The van der Waals surface area contributed by atoms with Crippen molar-refractivity contribution in [1.82, 2.24) is 4.90 Å². The molecule has 1 aliphatic heterocycles. The molecular weight excluding hydrogens is 298 g/mol. The van der Waals surface area contributed by atoms with E-state index in [1.54, 1.807) is 19.8 Å². The third-order valence-corrected chi connectivity index (χ3v) is 5.43. The lowest BCUT2D eigenvalue weighted by Crippen LogP contribution is -2.32. The van der Waals surface area contributed by atoms with Crippen LogP contribution >= 0.6 is 0 Å². The van der Waals surface area contributed by atoms with Crippen LogP contribution in [0.1, 0.15) is 37.3 Å². The van der Waals surface area contributed by atoms with E-state index >= 15 is 0 Å². The van der Waals surface area contributed by atoms with Crippen molar-refractivity contribution in [3.05, 3.63) is 47.1 Å². The largest absolute Gasteiger partial charge is 0.493 e. The lowest BCUT2D eigenvalue weighted by molar-refractivity contribution is 0.268. The predicted octanol–water partition coefficient (Wildman–Crippen LogP) is 4.36. The van der Waals surface area contributed by atoms with Crippen LogP contribution in [-0.2, 0) is 13.0 Å². The van der Waals surface area contributed by atoms with Crippen molar-refractivity contribution < 1.29 is 9.47 Å². The van der Waals surface area contributed by atoms with Crippen LogP contribution in [0.15, 0.2) is 35.9 Å². The van der Waals surface area contributed by atoms with Gasteiger partial charge in [-0.15, -0.1) is 0 Å². The highest BCUT2D eigenvalue weighted by molar-refractivity contribution is 5.48. The number of rotatable bonds is 5. The van der Waals surface area contributed by atoms with Crippen LogP contribution in [0.3, 0.4) is 0 Å². The second-order valence-corrected chi connectivity index (χ2v) is 7.12. The van der Waals surface area contributed by atoms with Gasteiger partial charge >= 0.3 is 0 Å². The normalized spacial score (nSPS) is 21.0. The quantitative estimate of drug-likeness (QED) is 0.750. The summed E-state index contributed by atoms with van der Waals surface area (Å²) >= 11 is 0. The minimum Gasteiger partial charge on any atom is -0.493 e. The molecule has 0 radical (unpaired) electrons. The Morgan fingerprint density at radius 3 is 2.46 bits per heavy atom. The second-order valence-electron chi connectivity index (χ2n) is 7.12. The summed E-state index contributed by atoms with van der Waals surface area (Å²) in [6.45, 7) is 9.48. The van der Waals surface area contributed by atoms with Crippen LogP contribution in [0.5, 0.6) is 11.5 Å². The minimum absolute atomic E-state index is 0.688. The first-order chi connectivity index (χ1) is 11.6. The number of ether oxygens (including phenoxy) is 2. The topological polar surface area (TPSA) is 21.7 Å². The van der Waals surface area contributed by atoms with Crippen molar-refractivity contribution in [3.8, 4) is 11.5 Å². The number of hydrogen-bond donors (Lipinski definition) is 0. The van der Waals surface area contributed by atoms with Gasteiger partial charge in [0.2, 0.25) is 0 Å². The molecule has 130 valence electrons. The van der Waals surface area contributed by atoms with Gasteiger partial charge in [-0.3, -0.25) is 4.90 Å². The van der Waals surface area contributed by atoms with Crippen LogP contribution < -0.4 is 9.47 Å². The van der Waals surface area contributed by atoms with Gasteiger partial charge in [0.15, 0.2) is 11.5 Å². The molecule has 3 rings (SSSR count). The number of benzene rings is 1. The predicted molar refractivity (Wildman–Crippen MR) is 98.8 cm³/mol. The standard InChI is InChI=1S/C21H29NO2/c1-15(2)17-7-5-16(6-8-17)13-22-10-9-18-11-20(23-3)21(24-4)12-19(18)14-22/h5,11-12,17H,1,6-10,13-14H2,2-4H3/t17-/m1/s1. The Morgan fingerprint density at radius 2 is 1.88 bits per heavy atom. The highest BCUT2D eigenvalue weighted by Crippen LogP contribution is 2.34. The molecule has 0 aromatic heterocycles. The molecule has 24 heavy (non-hydrogen) atoms. The zero-order chi connectivity index (χ0) is 17.1. The van der Waals surface area contributed by atoms with Crippen LogP contribution in [-0.4, -0.2) is 32.2 Å². The summed E-state index contributed by atoms with van der Waals surface area (Å²) in [7, 11) is 3.41. The molecule has 1 atom stereocenters. The average Bonchev–Trinajstić information content (AvgIpc) is 2.60. The van der Waals surface area contributed by atoms with Crippen LogP contribution in [0.2, 0.25) is 0 Å². The molecule has 0 spiro atoms. The number of nitrogens with zero attached hydrogens (tertiary/aromatic N) is 1. The van der Waals surface area contributed by atoms with Gasteiger partial charge in [-0.05, 0) is 61.8 Å². The first kappa shape index (κ1) is 17.1. The highest BCUT2D eigenvalue weighted by Gasteiger charge is 2.21. The van der Waals surface area contributed by atoms with Gasteiger partial charge in [0.25, 0.3) is 0 Å². The maximum atomic E-state index is 5.46. The van der Waals surface area contributed by atoms with Crippen molar-refractivity contribution in [1.29, 1.82) is 0 Å². The van der Waals surface area contributed by atoms with Gasteiger partial charge in [-0.1, -0.05) is 23.8 Å². The molecule has 1 aromatic carbocycles. The fourth-order valence-electron chi connectivity index (χ4n) is 3.84. The third kappa shape index (κ3) is 3.67. The third-order valence-electron chi connectivity index (χ3n) is 5.43. The van der Waals surface area contributed by atoms with E-state index < -0.39 is 0 Å². The molecule has 1 heterocycles. The molecule has 1 aromatic rings. The molecule has 0 fully saturated rings. The van der Waals surface area contributed by atoms with Crippen molar-refractivity contribution in [3.63, 3.8) is 0 Å². The van der Waals surface area contributed by atoms with Crippen molar-refractivity contribution in [2.24, 2.45) is 5.92 Å². The van der Waals surface area contributed by atoms with E-state index in [0.717, 1.165) is 37.6 Å². The Kier molecular flexibility index (Phi) is 5.30. The summed E-state index contributed by atoms with van der Waals surface area (Å²) in [6, 6.07) is 4.29. The van der Waals surface area contributed by atoms with E-state index in [1.807, 2.05) is 0 Å². The van der Waals surface area contributed by atoms with Gasteiger partial charge in [-0.2, -0.15) is 0 Å². The number of methoxy groups -OCH3 is 2. The van der Waals surface area contributed by atoms with Crippen LogP contribution in [0, 0.1) is 5.92 Å². The minimum atomic E-state index is 0.688. The SMILES string of the molecule is C=C(C)[C@@H]1CC=C(CN2CCc3cc(OC)c(OC)cc3C2)CC1. The fourth-order valence-corrected chi connectivity index (χ4v) is 3.84. The molecule has 0 unspecified atom stereocenters. The number of fused-ring (bicyclic) bond motifs is 1. The lowest BCUT2D eigenvalue weighted by Gasteiger charge is -2.32. The monoisotopic (exact) mass is 327 g/mol. The van der Waals surface area contributed by atoms with Crippen molar-refractivity contribution in [2.75, 3.05) is 27.3 Å². The summed E-state index contributed by atoms with van der Waals surface area (Å²) in [4.78, 5) is 2.56. The van der Waals surface area contributed by atoms with E-state index in [1.165, 1.54) is 36.0 Å². The van der Waals surface area contributed by atoms with E-state index in [2.05, 4.69) is 36.6 Å². The second kappa shape index (κ2) is 7.43. The smallest absolute Gasteiger partial charge is 0.161 e.